The SMILES string of the molecule is O=C(CNC(=O)c1ccccc1)Nc1cc(Cl)c(O)cc1F. The van der Waals surface area contributed by atoms with E-state index in [4.69, 9.17) is 11.6 Å². The number of amides is 2. The lowest BCUT2D eigenvalue weighted by Crippen LogP contribution is -2.33. The Balaban J connectivity index is 1.94. The highest BCUT2D eigenvalue weighted by molar-refractivity contribution is 6.32. The van der Waals surface area contributed by atoms with Crippen LogP contribution >= 0.6 is 11.6 Å². The van der Waals surface area contributed by atoms with Gasteiger partial charge in [-0.2, -0.15) is 0 Å². The molecular weight excluding hydrogens is 311 g/mol. The molecule has 0 aromatic heterocycles. The van der Waals surface area contributed by atoms with Gasteiger partial charge in [0.15, 0.2) is 0 Å². The van der Waals surface area contributed by atoms with Crippen molar-refractivity contribution in [3.05, 3.63) is 58.9 Å². The van der Waals surface area contributed by atoms with Gasteiger partial charge in [-0.15, -0.1) is 0 Å². The van der Waals surface area contributed by atoms with E-state index in [2.05, 4.69) is 10.6 Å². The Morgan fingerprint density at radius 2 is 1.86 bits per heavy atom. The molecule has 0 unspecified atom stereocenters. The largest absolute Gasteiger partial charge is 0.506 e. The molecule has 0 saturated carbocycles. The van der Waals surface area contributed by atoms with Crippen LogP contribution < -0.4 is 10.6 Å². The van der Waals surface area contributed by atoms with Crippen molar-refractivity contribution in [3.63, 3.8) is 0 Å². The average Bonchev–Trinajstić information content (AvgIpc) is 2.51. The van der Waals surface area contributed by atoms with E-state index in [0.717, 1.165) is 12.1 Å². The second kappa shape index (κ2) is 6.91. The number of hydrogen-bond donors (Lipinski definition) is 3. The predicted molar refractivity (Wildman–Crippen MR) is 80.5 cm³/mol. The molecule has 0 heterocycles. The predicted octanol–water partition coefficient (Wildman–Crippen LogP) is 2.55. The molecule has 2 aromatic carbocycles. The summed E-state index contributed by atoms with van der Waals surface area (Å²) in [6.45, 7) is -0.328. The van der Waals surface area contributed by atoms with E-state index >= 15 is 0 Å². The third-order valence-electron chi connectivity index (χ3n) is 2.76. The molecule has 0 radical (unpaired) electrons. The molecule has 0 fully saturated rings. The lowest BCUT2D eigenvalue weighted by molar-refractivity contribution is -0.115. The van der Waals surface area contributed by atoms with Crippen molar-refractivity contribution in [3.8, 4) is 5.75 Å². The zero-order valence-electron chi connectivity index (χ0n) is 11.3. The fourth-order valence-corrected chi connectivity index (χ4v) is 1.84. The van der Waals surface area contributed by atoms with Crippen LogP contribution in [0.3, 0.4) is 0 Å². The fraction of sp³-hybridized carbons (Fsp3) is 0.0667. The first kappa shape index (κ1) is 15.8. The minimum atomic E-state index is -0.829. The Hall–Kier alpha value is -2.60. The number of hydrogen-bond acceptors (Lipinski definition) is 3. The van der Waals surface area contributed by atoms with Crippen LogP contribution in [0.1, 0.15) is 10.4 Å². The minimum absolute atomic E-state index is 0.0926. The number of nitrogens with one attached hydrogen (secondary N) is 2. The number of phenolic OH excluding ortho intramolecular Hbond substituents is 1. The van der Waals surface area contributed by atoms with E-state index in [-0.39, 0.29) is 17.3 Å². The summed E-state index contributed by atoms with van der Waals surface area (Å²) < 4.78 is 13.5. The summed E-state index contributed by atoms with van der Waals surface area (Å²) in [5.74, 6) is -2.29. The highest BCUT2D eigenvalue weighted by Crippen LogP contribution is 2.28. The van der Waals surface area contributed by atoms with Gasteiger partial charge in [-0.05, 0) is 18.2 Å². The third kappa shape index (κ3) is 3.95. The summed E-state index contributed by atoms with van der Waals surface area (Å²) >= 11 is 5.64. The van der Waals surface area contributed by atoms with Crippen molar-refractivity contribution >= 4 is 29.1 Å². The second-order valence-corrected chi connectivity index (χ2v) is 4.79. The van der Waals surface area contributed by atoms with Crippen LogP contribution in [0, 0.1) is 5.82 Å². The van der Waals surface area contributed by atoms with Crippen LogP contribution in [0.15, 0.2) is 42.5 Å². The normalized spacial score (nSPS) is 10.1. The van der Waals surface area contributed by atoms with Gasteiger partial charge < -0.3 is 15.7 Å². The molecule has 0 aliphatic heterocycles. The number of benzene rings is 2. The topological polar surface area (TPSA) is 78.4 Å². The van der Waals surface area contributed by atoms with E-state index in [9.17, 15) is 19.1 Å². The van der Waals surface area contributed by atoms with Crippen molar-refractivity contribution in [2.24, 2.45) is 0 Å². The fourth-order valence-electron chi connectivity index (χ4n) is 1.68. The molecule has 2 amide bonds. The molecule has 114 valence electrons. The lowest BCUT2D eigenvalue weighted by Gasteiger charge is -2.09. The van der Waals surface area contributed by atoms with Gasteiger partial charge in [0.1, 0.15) is 11.6 Å². The number of anilines is 1. The molecule has 2 aromatic rings. The average molecular weight is 323 g/mol. The number of phenols is 1. The summed E-state index contributed by atoms with van der Waals surface area (Å²) in [6.07, 6.45) is 0. The molecule has 22 heavy (non-hydrogen) atoms. The number of carbonyl (C=O) groups excluding carboxylic acids is 2. The van der Waals surface area contributed by atoms with E-state index in [1.807, 2.05) is 0 Å². The summed E-state index contributed by atoms with van der Waals surface area (Å²) in [5.41, 5.74) is 0.232. The number of carbonyl (C=O) groups is 2. The molecule has 5 nitrogen and oxygen atoms in total. The van der Waals surface area contributed by atoms with E-state index < -0.39 is 23.4 Å². The van der Waals surface area contributed by atoms with Crippen molar-refractivity contribution in [2.75, 3.05) is 11.9 Å². The van der Waals surface area contributed by atoms with Crippen molar-refractivity contribution in [1.82, 2.24) is 5.32 Å². The molecule has 0 bridgehead atoms. The molecule has 3 N–H and O–H groups in total. The molecule has 0 aliphatic carbocycles. The summed E-state index contributed by atoms with van der Waals surface area (Å²) in [7, 11) is 0. The van der Waals surface area contributed by atoms with Crippen LogP contribution in [-0.2, 0) is 4.79 Å². The monoisotopic (exact) mass is 322 g/mol. The minimum Gasteiger partial charge on any atom is -0.506 e. The van der Waals surface area contributed by atoms with Crippen molar-refractivity contribution in [2.45, 2.75) is 0 Å². The number of halogens is 2. The van der Waals surface area contributed by atoms with E-state index in [1.165, 1.54) is 0 Å². The zero-order valence-corrected chi connectivity index (χ0v) is 12.0. The van der Waals surface area contributed by atoms with Gasteiger partial charge in [-0.3, -0.25) is 9.59 Å². The Kier molecular flexibility index (Phi) is 4.95. The standard InChI is InChI=1S/C15H12ClFN2O3/c16-10-6-12(11(17)7-13(10)20)19-14(21)8-18-15(22)9-4-2-1-3-5-9/h1-7,20H,8H2,(H,18,22)(H,19,21). The van der Waals surface area contributed by atoms with Crippen molar-refractivity contribution < 1.29 is 19.1 Å². The number of rotatable bonds is 4. The summed E-state index contributed by atoms with van der Waals surface area (Å²) in [6, 6.07) is 10.2. The Labute approximate surface area is 130 Å². The Morgan fingerprint density at radius 1 is 1.18 bits per heavy atom. The quantitative estimate of drug-likeness (QED) is 0.757. The third-order valence-corrected chi connectivity index (χ3v) is 3.06. The maximum atomic E-state index is 13.5. The van der Waals surface area contributed by atoms with Gasteiger partial charge in [0.2, 0.25) is 5.91 Å². The highest BCUT2D eigenvalue weighted by atomic mass is 35.5. The van der Waals surface area contributed by atoms with E-state index in [0.29, 0.717) is 5.56 Å². The van der Waals surface area contributed by atoms with Crippen LogP contribution in [0.5, 0.6) is 5.75 Å². The molecule has 7 heteroatoms. The summed E-state index contributed by atoms with van der Waals surface area (Å²) in [5, 5.41) is 13.8. The maximum absolute atomic E-state index is 13.5. The Bertz CT molecular complexity index is 707. The van der Waals surface area contributed by atoms with Crippen LogP contribution in [0.2, 0.25) is 5.02 Å². The van der Waals surface area contributed by atoms with Gasteiger partial charge >= 0.3 is 0 Å². The van der Waals surface area contributed by atoms with Gasteiger partial charge in [0.25, 0.3) is 5.91 Å². The molecule has 0 aliphatic rings. The second-order valence-electron chi connectivity index (χ2n) is 4.38. The van der Waals surface area contributed by atoms with Gasteiger partial charge in [0, 0.05) is 11.6 Å². The zero-order chi connectivity index (χ0) is 16.1. The first-order chi connectivity index (χ1) is 10.5. The van der Waals surface area contributed by atoms with Crippen LogP contribution in [0.25, 0.3) is 0 Å². The van der Waals surface area contributed by atoms with Gasteiger partial charge in [0.05, 0.1) is 17.3 Å². The maximum Gasteiger partial charge on any atom is 0.251 e. The lowest BCUT2D eigenvalue weighted by atomic mass is 10.2. The van der Waals surface area contributed by atoms with Crippen LogP contribution in [-0.4, -0.2) is 23.5 Å². The van der Waals surface area contributed by atoms with Gasteiger partial charge in [-0.25, -0.2) is 4.39 Å². The molecule has 2 rings (SSSR count). The molecule has 0 saturated heterocycles. The smallest absolute Gasteiger partial charge is 0.251 e. The van der Waals surface area contributed by atoms with E-state index in [1.54, 1.807) is 30.3 Å². The Morgan fingerprint density at radius 3 is 2.55 bits per heavy atom. The van der Waals surface area contributed by atoms with Crippen molar-refractivity contribution in [1.29, 1.82) is 0 Å². The van der Waals surface area contributed by atoms with Gasteiger partial charge in [-0.1, -0.05) is 29.8 Å². The highest BCUT2D eigenvalue weighted by Gasteiger charge is 2.12. The number of aromatic hydroxyl groups is 1. The van der Waals surface area contributed by atoms with Crippen LogP contribution in [0.4, 0.5) is 10.1 Å². The first-order valence-electron chi connectivity index (χ1n) is 6.28. The molecule has 0 spiro atoms. The summed E-state index contributed by atoms with van der Waals surface area (Å²) in [4.78, 5) is 23.4. The first-order valence-corrected chi connectivity index (χ1v) is 6.66. The molecular formula is C15H12ClFN2O3. The molecule has 0 atom stereocenters.